The van der Waals surface area contributed by atoms with Crippen molar-refractivity contribution in [1.29, 1.82) is 0 Å². The third-order valence-corrected chi connectivity index (χ3v) is 4.73. The number of ether oxygens (including phenoxy) is 1. The van der Waals surface area contributed by atoms with E-state index in [2.05, 4.69) is 10.3 Å². The van der Waals surface area contributed by atoms with Gasteiger partial charge in [-0.25, -0.2) is 9.07 Å². The van der Waals surface area contributed by atoms with Crippen LogP contribution in [0.1, 0.15) is 34.9 Å². The number of amides is 1. The monoisotopic (exact) mass is 380 g/mol. The lowest BCUT2D eigenvalue weighted by Gasteiger charge is -2.17. The second-order valence-electron chi connectivity index (χ2n) is 6.87. The fraction of sp³-hybridized carbons (Fsp3) is 0.286. The van der Waals surface area contributed by atoms with Crippen LogP contribution in [-0.4, -0.2) is 46.0 Å². The molecule has 1 amide bonds. The Hall–Kier alpha value is -3.22. The van der Waals surface area contributed by atoms with E-state index in [0.717, 1.165) is 24.2 Å². The molecule has 0 N–H and O–H groups in total. The third-order valence-electron chi connectivity index (χ3n) is 4.73. The van der Waals surface area contributed by atoms with Gasteiger partial charge in [0.15, 0.2) is 5.69 Å². The Bertz CT molecular complexity index is 952. The van der Waals surface area contributed by atoms with Crippen molar-refractivity contribution >= 4 is 5.91 Å². The van der Waals surface area contributed by atoms with Gasteiger partial charge in [0.05, 0.1) is 17.9 Å². The van der Waals surface area contributed by atoms with Gasteiger partial charge in [-0.2, -0.15) is 0 Å². The van der Waals surface area contributed by atoms with E-state index in [1.165, 1.54) is 12.1 Å². The Morgan fingerprint density at radius 1 is 1.18 bits per heavy atom. The molecule has 3 aromatic rings. The topological polar surface area (TPSA) is 60.2 Å². The number of carbonyl (C=O) groups is 1. The van der Waals surface area contributed by atoms with E-state index in [9.17, 15) is 9.18 Å². The van der Waals surface area contributed by atoms with Crippen LogP contribution < -0.4 is 4.74 Å². The molecule has 1 heterocycles. The van der Waals surface area contributed by atoms with Crippen LogP contribution in [-0.2, 0) is 0 Å². The van der Waals surface area contributed by atoms with Gasteiger partial charge in [-0.1, -0.05) is 23.4 Å². The molecule has 1 aromatic heterocycles. The summed E-state index contributed by atoms with van der Waals surface area (Å²) >= 11 is 0. The average molecular weight is 380 g/mol. The molecule has 2 aromatic carbocycles. The van der Waals surface area contributed by atoms with Gasteiger partial charge < -0.3 is 9.64 Å². The molecule has 7 heteroatoms. The number of hydrogen-bond acceptors (Lipinski definition) is 4. The summed E-state index contributed by atoms with van der Waals surface area (Å²) in [6.07, 6.45) is 2.08. The van der Waals surface area contributed by atoms with Gasteiger partial charge in [0.2, 0.25) is 0 Å². The number of carbonyl (C=O) groups excluding carboxylic acids is 1. The van der Waals surface area contributed by atoms with Crippen LogP contribution in [0.3, 0.4) is 0 Å². The van der Waals surface area contributed by atoms with Gasteiger partial charge in [-0.3, -0.25) is 4.79 Å². The lowest BCUT2D eigenvalue weighted by atomic mass is 10.2. The fourth-order valence-corrected chi connectivity index (χ4v) is 3.04. The smallest absolute Gasteiger partial charge is 0.276 e. The molecule has 28 heavy (non-hydrogen) atoms. The van der Waals surface area contributed by atoms with Crippen molar-refractivity contribution in [3.8, 4) is 11.4 Å². The normalized spacial score (nSPS) is 13.4. The van der Waals surface area contributed by atoms with Gasteiger partial charge in [0.1, 0.15) is 18.2 Å². The largest absolute Gasteiger partial charge is 0.492 e. The summed E-state index contributed by atoms with van der Waals surface area (Å²) in [6, 6.07) is 15.5. The van der Waals surface area contributed by atoms with Crippen LogP contribution in [0, 0.1) is 5.82 Å². The van der Waals surface area contributed by atoms with Crippen LogP contribution in [0.2, 0.25) is 0 Å². The van der Waals surface area contributed by atoms with E-state index in [1.54, 1.807) is 28.8 Å². The minimum absolute atomic E-state index is 0.174. The fourth-order valence-electron chi connectivity index (χ4n) is 3.04. The molecule has 0 unspecified atom stereocenters. The molecule has 1 saturated carbocycles. The van der Waals surface area contributed by atoms with Crippen LogP contribution >= 0.6 is 0 Å². The molecule has 0 radical (unpaired) electrons. The summed E-state index contributed by atoms with van der Waals surface area (Å²) in [4.78, 5) is 14.5. The van der Waals surface area contributed by atoms with Crippen molar-refractivity contribution < 1.29 is 13.9 Å². The molecular formula is C21H21FN4O2. The first-order valence-electron chi connectivity index (χ1n) is 9.28. The number of nitrogens with zero attached hydrogens (tertiary/aromatic N) is 4. The highest BCUT2D eigenvalue weighted by Crippen LogP contribution is 2.42. The number of benzene rings is 2. The van der Waals surface area contributed by atoms with Crippen molar-refractivity contribution in [1.82, 2.24) is 19.9 Å². The third kappa shape index (κ3) is 3.88. The van der Waals surface area contributed by atoms with Crippen molar-refractivity contribution in [2.45, 2.75) is 18.8 Å². The summed E-state index contributed by atoms with van der Waals surface area (Å²) < 4.78 is 20.3. The summed E-state index contributed by atoms with van der Waals surface area (Å²) in [5, 5.41) is 8.43. The molecule has 0 atom stereocenters. The van der Waals surface area contributed by atoms with Crippen molar-refractivity contribution in [3.63, 3.8) is 0 Å². The number of halogens is 1. The number of hydrogen-bond donors (Lipinski definition) is 0. The number of rotatable bonds is 7. The van der Waals surface area contributed by atoms with Gasteiger partial charge in [0, 0.05) is 13.0 Å². The quantitative estimate of drug-likeness (QED) is 0.630. The van der Waals surface area contributed by atoms with Crippen molar-refractivity contribution in [2.75, 3.05) is 20.2 Å². The summed E-state index contributed by atoms with van der Waals surface area (Å²) in [7, 11) is 1.72. The van der Waals surface area contributed by atoms with Gasteiger partial charge in [-0.05, 0) is 49.2 Å². The second-order valence-corrected chi connectivity index (χ2v) is 6.87. The summed E-state index contributed by atoms with van der Waals surface area (Å²) in [5.74, 6) is 0.398. The molecule has 1 aliphatic carbocycles. The van der Waals surface area contributed by atoms with Crippen LogP contribution in [0.25, 0.3) is 5.69 Å². The van der Waals surface area contributed by atoms with Crippen LogP contribution in [0.4, 0.5) is 4.39 Å². The Balaban J connectivity index is 1.45. The summed E-state index contributed by atoms with van der Waals surface area (Å²) in [6.45, 7) is 0.692. The predicted molar refractivity (Wildman–Crippen MR) is 102 cm³/mol. The Kier molecular flexibility index (Phi) is 5.06. The van der Waals surface area contributed by atoms with Gasteiger partial charge in [0.25, 0.3) is 5.91 Å². The first kappa shape index (κ1) is 18.2. The molecule has 0 bridgehead atoms. The molecule has 4 rings (SSSR count). The molecule has 0 spiro atoms. The van der Waals surface area contributed by atoms with E-state index in [4.69, 9.17) is 4.74 Å². The standard InChI is InChI=1S/C21H21FN4O2/c1-25(13-14-28-18-11-9-16(22)10-12-18)21(27)19-20(15-7-8-15)26(24-23-19)17-5-3-2-4-6-17/h2-6,9-12,15H,7-8,13-14H2,1H3. The van der Waals surface area contributed by atoms with E-state index in [1.807, 2.05) is 30.3 Å². The average Bonchev–Trinajstić information content (AvgIpc) is 3.47. The predicted octanol–water partition coefficient (Wildman–Crippen LogP) is 3.43. The van der Waals surface area contributed by atoms with E-state index in [0.29, 0.717) is 30.5 Å². The van der Waals surface area contributed by atoms with Crippen molar-refractivity contribution in [2.24, 2.45) is 0 Å². The van der Waals surface area contributed by atoms with Crippen LogP contribution in [0.5, 0.6) is 5.75 Å². The highest BCUT2D eigenvalue weighted by Gasteiger charge is 2.35. The van der Waals surface area contributed by atoms with Crippen molar-refractivity contribution in [3.05, 3.63) is 71.8 Å². The number of para-hydroxylation sites is 1. The zero-order chi connectivity index (χ0) is 19.5. The first-order valence-corrected chi connectivity index (χ1v) is 9.28. The Morgan fingerprint density at radius 3 is 2.57 bits per heavy atom. The number of likely N-dealkylation sites (N-methyl/N-ethyl adjacent to an activating group) is 1. The molecular weight excluding hydrogens is 359 g/mol. The highest BCUT2D eigenvalue weighted by atomic mass is 19.1. The minimum atomic E-state index is -0.311. The molecule has 0 aliphatic heterocycles. The lowest BCUT2D eigenvalue weighted by Crippen LogP contribution is -2.31. The highest BCUT2D eigenvalue weighted by molar-refractivity contribution is 5.93. The maximum Gasteiger partial charge on any atom is 0.276 e. The molecule has 0 saturated heterocycles. The van der Waals surface area contributed by atoms with E-state index >= 15 is 0 Å². The van der Waals surface area contributed by atoms with Crippen LogP contribution in [0.15, 0.2) is 54.6 Å². The van der Waals surface area contributed by atoms with E-state index < -0.39 is 0 Å². The van der Waals surface area contributed by atoms with Gasteiger partial charge in [-0.15, -0.1) is 5.10 Å². The minimum Gasteiger partial charge on any atom is -0.492 e. The zero-order valence-electron chi connectivity index (χ0n) is 15.6. The molecule has 6 nitrogen and oxygen atoms in total. The number of aromatic nitrogens is 3. The molecule has 144 valence electrons. The van der Waals surface area contributed by atoms with E-state index in [-0.39, 0.29) is 11.7 Å². The molecule has 1 fully saturated rings. The Labute approximate surface area is 162 Å². The van der Waals surface area contributed by atoms with Gasteiger partial charge >= 0.3 is 0 Å². The molecule has 1 aliphatic rings. The second kappa shape index (κ2) is 7.80. The Morgan fingerprint density at radius 2 is 1.89 bits per heavy atom. The summed E-state index contributed by atoms with van der Waals surface area (Å²) in [5.41, 5.74) is 2.18. The SMILES string of the molecule is CN(CCOc1ccc(F)cc1)C(=O)c1nnn(-c2ccccc2)c1C1CC1. The maximum absolute atomic E-state index is 12.9. The first-order chi connectivity index (χ1) is 13.6. The lowest BCUT2D eigenvalue weighted by molar-refractivity contribution is 0.0766. The maximum atomic E-state index is 12.9. The zero-order valence-corrected chi connectivity index (χ0v) is 15.6.